The molecule has 0 bridgehead atoms. The molecule has 1 heterocycles. The minimum atomic E-state index is -1.08. The van der Waals surface area contributed by atoms with Gasteiger partial charge in [0.1, 0.15) is 13.3 Å². The van der Waals surface area contributed by atoms with Gasteiger partial charge in [0.2, 0.25) is 0 Å². The van der Waals surface area contributed by atoms with Crippen LogP contribution in [-0.4, -0.2) is 17.8 Å². The second kappa shape index (κ2) is 5.17. The number of hydrogen-bond donors (Lipinski definition) is 0. The average Bonchev–Trinajstić information content (AvgIpc) is 2.34. The van der Waals surface area contributed by atoms with Gasteiger partial charge in [-0.25, -0.2) is 4.57 Å². The second-order valence-electron chi connectivity index (χ2n) is 2.11. The number of carbonyl (C=O) groups excluding carboxylic acids is 1. The Labute approximate surface area is 70.8 Å². The van der Waals surface area contributed by atoms with Gasteiger partial charge in [-0.05, 0) is 6.92 Å². The molecule has 1 rings (SSSR count). The molecule has 0 saturated carbocycles. The lowest BCUT2D eigenvalue weighted by molar-refractivity contribution is -0.672. The summed E-state index contributed by atoms with van der Waals surface area (Å²) in [4.78, 5) is 13.7. The van der Waals surface area contributed by atoms with Gasteiger partial charge in [-0.1, -0.05) is 4.73 Å². The highest BCUT2D eigenvalue weighted by atomic mass is 16.6. The van der Waals surface area contributed by atoms with Gasteiger partial charge in [0.05, 0.1) is 7.05 Å². The largest absolute Gasteiger partial charge is 0.550 e. The molecule has 5 heteroatoms. The van der Waals surface area contributed by atoms with E-state index in [9.17, 15) is 0 Å². The SMILES string of the molecule is CC(=O)[O-].COn1cc[n+](C)c1. The van der Waals surface area contributed by atoms with Crippen molar-refractivity contribution in [1.29, 1.82) is 0 Å². The summed E-state index contributed by atoms with van der Waals surface area (Å²) in [6.07, 6.45) is 5.57. The van der Waals surface area contributed by atoms with Gasteiger partial charge in [-0.2, -0.15) is 0 Å². The molecule has 0 aromatic carbocycles. The van der Waals surface area contributed by atoms with Crippen molar-refractivity contribution in [2.45, 2.75) is 6.92 Å². The lowest BCUT2D eigenvalue weighted by Gasteiger charge is -1.84. The van der Waals surface area contributed by atoms with Crippen LogP contribution in [0.2, 0.25) is 0 Å². The summed E-state index contributed by atoms with van der Waals surface area (Å²) in [5, 5.41) is 8.89. The van der Waals surface area contributed by atoms with Crippen LogP contribution in [0.4, 0.5) is 0 Å². The minimum Gasteiger partial charge on any atom is -0.550 e. The summed E-state index contributed by atoms with van der Waals surface area (Å²) in [6.45, 7) is 0.972. The molecular weight excluding hydrogens is 160 g/mol. The fourth-order valence-corrected chi connectivity index (χ4v) is 0.535. The zero-order chi connectivity index (χ0) is 9.56. The fraction of sp³-hybridized carbons (Fsp3) is 0.429. The molecule has 0 fully saturated rings. The third-order valence-electron chi connectivity index (χ3n) is 0.955. The maximum absolute atomic E-state index is 8.89. The third-order valence-corrected chi connectivity index (χ3v) is 0.955. The topological polar surface area (TPSA) is 58.2 Å². The minimum absolute atomic E-state index is 0.972. The van der Waals surface area contributed by atoms with E-state index in [-0.39, 0.29) is 0 Å². The van der Waals surface area contributed by atoms with Gasteiger partial charge in [0, 0.05) is 5.97 Å². The van der Waals surface area contributed by atoms with Crippen LogP contribution in [0.15, 0.2) is 18.7 Å². The Morgan fingerprint density at radius 1 is 1.67 bits per heavy atom. The Morgan fingerprint density at radius 2 is 2.17 bits per heavy atom. The van der Waals surface area contributed by atoms with E-state index < -0.39 is 5.97 Å². The molecule has 0 aliphatic rings. The van der Waals surface area contributed by atoms with E-state index in [1.165, 1.54) is 0 Å². The molecule has 0 unspecified atom stereocenters. The monoisotopic (exact) mass is 172 g/mol. The number of nitrogens with zero attached hydrogens (tertiary/aromatic N) is 2. The highest BCUT2D eigenvalue weighted by Crippen LogP contribution is 1.73. The first-order valence-corrected chi connectivity index (χ1v) is 3.31. The van der Waals surface area contributed by atoms with Crippen molar-refractivity contribution in [3.63, 3.8) is 0 Å². The Kier molecular flexibility index (Phi) is 4.52. The molecule has 0 radical (unpaired) electrons. The fourth-order valence-electron chi connectivity index (χ4n) is 0.535. The van der Waals surface area contributed by atoms with E-state index in [0.717, 1.165) is 6.92 Å². The molecule has 0 N–H and O–H groups in total. The molecule has 0 atom stereocenters. The van der Waals surface area contributed by atoms with E-state index >= 15 is 0 Å². The van der Waals surface area contributed by atoms with Crippen LogP contribution < -0.4 is 14.5 Å². The van der Waals surface area contributed by atoms with Crippen LogP contribution in [0.3, 0.4) is 0 Å². The maximum atomic E-state index is 8.89. The first-order chi connectivity index (χ1) is 5.56. The molecule has 1 aromatic heterocycles. The van der Waals surface area contributed by atoms with Crippen molar-refractivity contribution in [2.75, 3.05) is 7.11 Å². The van der Waals surface area contributed by atoms with E-state index in [4.69, 9.17) is 14.7 Å². The molecule has 0 saturated heterocycles. The van der Waals surface area contributed by atoms with Gasteiger partial charge in [-0.3, -0.25) is 0 Å². The van der Waals surface area contributed by atoms with Crippen LogP contribution in [-0.2, 0) is 11.8 Å². The van der Waals surface area contributed by atoms with E-state index in [2.05, 4.69) is 0 Å². The predicted octanol–water partition coefficient (Wildman–Crippen LogP) is -1.87. The molecular formula is C7H12N2O3. The standard InChI is InChI=1S/C5H9N2O.C2H4O2/c1-6-3-4-7(5-6)8-2;1-2(3)4/h3-5H,1-2H3;1H3,(H,3,4)/q+1;/p-1. The van der Waals surface area contributed by atoms with Crippen LogP contribution >= 0.6 is 0 Å². The third kappa shape index (κ3) is 5.28. The second-order valence-corrected chi connectivity index (χ2v) is 2.11. The van der Waals surface area contributed by atoms with Crippen LogP contribution in [0, 0.1) is 0 Å². The molecule has 68 valence electrons. The van der Waals surface area contributed by atoms with Crippen molar-refractivity contribution in [3.8, 4) is 0 Å². The normalized spacial score (nSPS) is 8.25. The summed E-state index contributed by atoms with van der Waals surface area (Å²) in [7, 11) is 3.56. The Hall–Kier alpha value is -1.52. The van der Waals surface area contributed by atoms with Crippen LogP contribution in [0.1, 0.15) is 6.92 Å². The molecule has 0 amide bonds. The summed E-state index contributed by atoms with van der Waals surface area (Å²) in [5.74, 6) is -1.08. The Morgan fingerprint density at radius 3 is 2.33 bits per heavy atom. The summed E-state index contributed by atoms with van der Waals surface area (Å²) in [6, 6.07) is 0. The molecule has 0 aliphatic heterocycles. The van der Waals surface area contributed by atoms with Crippen LogP contribution in [0.25, 0.3) is 0 Å². The lowest BCUT2D eigenvalue weighted by Crippen LogP contribution is -2.24. The number of aromatic nitrogens is 2. The van der Waals surface area contributed by atoms with Crippen molar-refractivity contribution in [1.82, 2.24) is 4.73 Å². The number of carboxylic acid groups (broad SMARTS) is 1. The predicted molar refractivity (Wildman–Crippen MR) is 38.8 cm³/mol. The zero-order valence-electron chi connectivity index (χ0n) is 7.35. The van der Waals surface area contributed by atoms with E-state index in [1.807, 2.05) is 30.3 Å². The number of imidazole rings is 1. The first-order valence-electron chi connectivity index (χ1n) is 3.31. The van der Waals surface area contributed by atoms with Gasteiger partial charge < -0.3 is 14.7 Å². The number of hydrogen-bond acceptors (Lipinski definition) is 3. The summed E-state index contributed by atoms with van der Waals surface area (Å²) in [5.41, 5.74) is 0. The van der Waals surface area contributed by atoms with Crippen molar-refractivity contribution >= 4 is 5.97 Å². The quantitative estimate of drug-likeness (QED) is 0.466. The van der Waals surface area contributed by atoms with Crippen molar-refractivity contribution < 1.29 is 19.3 Å². The van der Waals surface area contributed by atoms with Gasteiger partial charge in [-0.15, -0.1) is 0 Å². The molecule has 1 aromatic rings. The number of rotatable bonds is 1. The first kappa shape index (κ1) is 10.5. The Bertz CT molecular complexity index is 241. The highest BCUT2D eigenvalue weighted by Gasteiger charge is 1.94. The summed E-state index contributed by atoms with van der Waals surface area (Å²) >= 11 is 0. The number of carboxylic acids is 1. The summed E-state index contributed by atoms with van der Waals surface area (Å²) < 4.78 is 3.53. The van der Waals surface area contributed by atoms with Crippen molar-refractivity contribution in [2.24, 2.45) is 7.05 Å². The molecule has 0 aliphatic carbocycles. The molecule has 0 spiro atoms. The highest BCUT2D eigenvalue weighted by molar-refractivity contribution is 5.60. The van der Waals surface area contributed by atoms with Crippen LogP contribution in [0.5, 0.6) is 0 Å². The maximum Gasteiger partial charge on any atom is 0.284 e. The van der Waals surface area contributed by atoms with E-state index in [1.54, 1.807) is 11.8 Å². The average molecular weight is 172 g/mol. The zero-order valence-corrected chi connectivity index (χ0v) is 7.35. The van der Waals surface area contributed by atoms with Gasteiger partial charge >= 0.3 is 0 Å². The number of aryl methyl sites for hydroxylation is 1. The smallest absolute Gasteiger partial charge is 0.284 e. The number of carbonyl (C=O) groups is 1. The molecule has 12 heavy (non-hydrogen) atoms. The van der Waals surface area contributed by atoms with Crippen molar-refractivity contribution in [3.05, 3.63) is 18.7 Å². The van der Waals surface area contributed by atoms with Gasteiger partial charge in [0.15, 0.2) is 6.20 Å². The van der Waals surface area contributed by atoms with E-state index in [0.29, 0.717) is 0 Å². The Balaban J connectivity index is 0.000000261. The number of aliphatic carboxylic acids is 1. The molecule has 5 nitrogen and oxygen atoms in total. The van der Waals surface area contributed by atoms with Gasteiger partial charge in [0.25, 0.3) is 6.33 Å². The lowest BCUT2D eigenvalue weighted by atomic mass is 10.9.